The topological polar surface area (TPSA) is 49.6 Å². The molecule has 3 aromatic carbocycles. The van der Waals surface area contributed by atoms with E-state index < -0.39 is 26.2 Å². The summed E-state index contributed by atoms with van der Waals surface area (Å²) in [5.41, 5.74) is 2.81. The molecule has 9 heteroatoms. The highest BCUT2D eigenvalue weighted by Gasteiger charge is 2.37. The van der Waals surface area contributed by atoms with Gasteiger partial charge in [0.25, 0.3) is 5.69 Å². The molecule has 5 nitrogen and oxygen atoms in total. The van der Waals surface area contributed by atoms with Gasteiger partial charge in [0.2, 0.25) is 0 Å². The second-order valence-electron chi connectivity index (χ2n) is 10.8. The van der Waals surface area contributed by atoms with Gasteiger partial charge in [-0.1, -0.05) is 54.0 Å². The summed E-state index contributed by atoms with van der Waals surface area (Å²) in [5, 5.41) is 11.2. The standard InChI is InChI=1S/C28H30BrF2N3O2Si/c1-28(2)13-14-32(37-17-28)27-23(30)15-22(16-24(27)31)33-25(18-3-7-20(29)8-4-18)11-12-26(33)19-5-9-21(10-6-19)34(35)36/h3-10,15-16,25-26H,11-14,17,37H2,1-2H3/t25-,26-/m1/s1. The van der Waals surface area contributed by atoms with Crippen molar-refractivity contribution in [3.8, 4) is 0 Å². The van der Waals surface area contributed by atoms with Crippen LogP contribution in [0.2, 0.25) is 6.04 Å². The average Bonchev–Trinajstić information content (AvgIpc) is 3.30. The second kappa shape index (κ2) is 10.2. The van der Waals surface area contributed by atoms with Crippen molar-refractivity contribution in [2.45, 2.75) is 51.2 Å². The Morgan fingerprint density at radius 2 is 1.51 bits per heavy atom. The van der Waals surface area contributed by atoms with Gasteiger partial charge in [-0.3, -0.25) is 10.1 Å². The van der Waals surface area contributed by atoms with Crippen molar-refractivity contribution in [1.29, 1.82) is 0 Å². The summed E-state index contributed by atoms with van der Waals surface area (Å²) in [6, 6.07) is 18.2. The van der Waals surface area contributed by atoms with Crippen LogP contribution >= 0.6 is 15.9 Å². The molecule has 0 N–H and O–H groups in total. The van der Waals surface area contributed by atoms with Gasteiger partial charge >= 0.3 is 0 Å². The number of hydrogen-bond donors (Lipinski definition) is 0. The zero-order valence-electron chi connectivity index (χ0n) is 21.0. The molecule has 0 saturated carbocycles. The van der Waals surface area contributed by atoms with Gasteiger partial charge in [0, 0.05) is 28.8 Å². The van der Waals surface area contributed by atoms with Crippen molar-refractivity contribution < 1.29 is 13.7 Å². The van der Waals surface area contributed by atoms with Gasteiger partial charge < -0.3 is 9.47 Å². The fourth-order valence-electron chi connectivity index (χ4n) is 5.67. The van der Waals surface area contributed by atoms with E-state index >= 15 is 8.78 Å². The lowest BCUT2D eigenvalue weighted by molar-refractivity contribution is -0.384. The number of nitro benzene ring substituents is 1. The molecule has 2 fully saturated rings. The lowest BCUT2D eigenvalue weighted by Crippen LogP contribution is -2.40. The van der Waals surface area contributed by atoms with E-state index in [1.165, 1.54) is 24.3 Å². The summed E-state index contributed by atoms with van der Waals surface area (Å²) in [6.45, 7) is 5.13. The number of rotatable bonds is 5. The van der Waals surface area contributed by atoms with Crippen molar-refractivity contribution in [2.75, 3.05) is 16.0 Å². The van der Waals surface area contributed by atoms with Gasteiger partial charge in [0.05, 0.1) is 17.0 Å². The van der Waals surface area contributed by atoms with Crippen molar-refractivity contribution in [2.24, 2.45) is 5.41 Å². The second-order valence-corrected chi connectivity index (χ2v) is 13.5. The molecule has 2 aliphatic heterocycles. The highest BCUT2D eigenvalue weighted by atomic mass is 79.9. The number of benzene rings is 3. The monoisotopic (exact) mass is 585 g/mol. The highest BCUT2D eigenvalue weighted by molar-refractivity contribution is 9.10. The predicted molar refractivity (Wildman–Crippen MR) is 150 cm³/mol. The van der Waals surface area contributed by atoms with Gasteiger partial charge in [0.15, 0.2) is 11.6 Å². The first kappa shape index (κ1) is 25.8. The number of nitro groups is 1. The first-order valence-corrected chi connectivity index (χ1v) is 15.1. The first-order valence-electron chi connectivity index (χ1n) is 12.7. The van der Waals surface area contributed by atoms with E-state index in [1.807, 2.05) is 28.8 Å². The van der Waals surface area contributed by atoms with Crippen LogP contribution in [0.25, 0.3) is 0 Å². The molecule has 0 amide bonds. The summed E-state index contributed by atoms with van der Waals surface area (Å²) in [4.78, 5) is 12.8. The lowest BCUT2D eigenvalue weighted by atomic mass is 9.91. The van der Waals surface area contributed by atoms with E-state index in [0.29, 0.717) is 12.2 Å². The van der Waals surface area contributed by atoms with E-state index in [-0.39, 0.29) is 28.9 Å². The largest absolute Gasteiger partial charge is 0.398 e. The maximum atomic E-state index is 15.6. The highest BCUT2D eigenvalue weighted by Crippen LogP contribution is 2.48. The van der Waals surface area contributed by atoms with Gasteiger partial charge in [-0.2, -0.15) is 0 Å². The third-order valence-electron chi connectivity index (χ3n) is 7.86. The van der Waals surface area contributed by atoms with Crippen LogP contribution in [-0.2, 0) is 0 Å². The minimum Gasteiger partial charge on any atom is -0.398 e. The van der Waals surface area contributed by atoms with Crippen LogP contribution < -0.4 is 9.47 Å². The van der Waals surface area contributed by atoms with Crippen molar-refractivity contribution >= 4 is 42.7 Å². The molecule has 194 valence electrons. The Labute approximate surface area is 226 Å². The van der Waals surface area contributed by atoms with Crippen molar-refractivity contribution in [3.63, 3.8) is 0 Å². The third kappa shape index (κ3) is 5.29. The number of anilines is 2. The quantitative estimate of drug-likeness (QED) is 0.177. The first-order chi connectivity index (χ1) is 17.6. The summed E-state index contributed by atoms with van der Waals surface area (Å²) in [7, 11) is -0.791. The summed E-state index contributed by atoms with van der Waals surface area (Å²) < 4.78 is 34.2. The molecule has 37 heavy (non-hydrogen) atoms. The Bertz CT molecular complexity index is 1270. The molecule has 0 unspecified atom stereocenters. The molecule has 0 radical (unpaired) electrons. The Morgan fingerprint density at radius 3 is 2.00 bits per heavy atom. The van der Waals surface area contributed by atoms with E-state index in [4.69, 9.17) is 0 Å². The maximum Gasteiger partial charge on any atom is 0.269 e. The van der Waals surface area contributed by atoms with Gasteiger partial charge in [0.1, 0.15) is 15.4 Å². The average molecular weight is 587 g/mol. The van der Waals surface area contributed by atoms with Gasteiger partial charge in [-0.15, -0.1) is 0 Å². The summed E-state index contributed by atoms with van der Waals surface area (Å²) in [5.74, 6) is -1.04. The molecule has 2 aliphatic rings. The van der Waals surface area contributed by atoms with Crippen LogP contribution in [0, 0.1) is 27.2 Å². The normalized spacial score (nSPS) is 22.0. The van der Waals surface area contributed by atoms with Crippen LogP contribution in [0.3, 0.4) is 0 Å². The Balaban J connectivity index is 1.53. The maximum absolute atomic E-state index is 15.6. The van der Waals surface area contributed by atoms with Crippen molar-refractivity contribution in [1.82, 2.24) is 0 Å². The van der Waals surface area contributed by atoms with E-state index in [0.717, 1.165) is 40.9 Å². The number of halogens is 3. The van der Waals surface area contributed by atoms with Gasteiger partial charge in [-0.05, 0) is 66.1 Å². The van der Waals surface area contributed by atoms with Crippen LogP contribution in [0.4, 0.5) is 25.8 Å². The zero-order chi connectivity index (χ0) is 26.3. The smallest absolute Gasteiger partial charge is 0.269 e. The van der Waals surface area contributed by atoms with Crippen molar-refractivity contribution in [3.05, 3.63) is 98.0 Å². The van der Waals surface area contributed by atoms with E-state index in [9.17, 15) is 10.1 Å². The molecule has 2 saturated heterocycles. The van der Waals surface area contributed by atoms with E-state index in [1.54, 1.807) is 12.1 Å². The fraction of sp³-hybridized carbons (Fsp3) is 0.357. The molecule has 2 heterocycles. The Kier molecular flexibility index (Phi) is 7.11. The summed E-state index contributed by atoms with van der Waals surface area (Å²) in [6.07, 6.45) is 2.47. The molecule has 0 spiro atoms. The SMILES string of the molecule is CC1(C)CCN(c2c(F)cc(N3[C@@H](c4ccc(Br)cc4)CC[C@@H]3c3ccc([N+](=O)[O-])cc3)cc2F)[SiH2]C1. The lowest BCUT2D eigenvalue weighted by Gasteiger charge is -2.39. The van der Waals surface area contributed by atoms with Crippen LogP contribution in [0.15, 0.2) is 65.1 Å². The number of nitrogens with zero attached hydrogens (tertiary/aromatic N) is 3. The molecule has 2 atom stereocenters. The minimum absolute atomic E-state index is 0.0214. The summed E-state index contributed by atoms with van der Waals surface area (Å²) >= 11 is 3.48. The third-order valence-corrected chi connectivity index (χ3v) is 11.1. The molecule has 0 aliphatic carbocycles. The molecule has 3 aromatic rings. The Hall–Kier alpha value is -2.78. The fourth-order valence-corrected chi connectivity index (χ4v) is 7.96. The van der Waals surface area contributed by atoms with Crippen LogP contribution in [-0.4, -0.2) is 21.1 Å². The minimum atomic E-state index is -0.791. The van der Waals surface area contributed by atoms with Crippen LogP contribution in [0.5, 0.6) is 0 Å². The van der Waals surface area contributed by atoms with Gasteiger partial charge in [-0.25, -0.2) is 8.78 Å². The molecule has 0 bridgehead atoms. The predicted octanol–water partition coefficient (Wildman–Crippen LogP) is 7.46. The molecular formula is C28H30BrF2N3O2Si. The van der Waals surface area contributed by atoms with E-state index in [2.05, 4.69) is 34.7 Å². The van der Waals surface area contributed by atoms with Crippen LogP contribution in [0.1, 0.15) is 56.3 Å². The Morgan fingerprint density at radius 1 is 0.973 bits per heavy atom. The number of non-ortho nitro benzene ring substituents is 1. The molecule has 0 aromatic heterocycles. The number of hydrogen-bond acceptors (Lipinski definition) is 4. The zero-order valence-corrected chi connectivity index (χ0v) is 24.0. The molecular weight excluding hydrogens is 556 g/mol. The molecule has 5 rings (SSSR count).